The molecule has 2 fully saturated rings. The monoisotopic (exact) mass is 520 g/mol. The molecule has 0 spiro atoms. The molecule has 1 amide bonds. The van der Waals surface area contributed by atoms with Crippen LogP contribution in [0.1, 0.15) is 92.8 Å². The lowest BCUT2D eigenvalue weighted by Crippen LogP contribution is -2.38. The minimum absolute atomic E-state index is 0.125. The van der Waals surface area contributed by atoms with Crippen molar-refractivity contribution in [3.63, 3.8) is 0 Å². The van der Waals surface area contributed by atoms with Crippen LogP contribution in [-0.4, -0.2) is 41.1 Å². The zero-order valence-corrected chi connectivity index (χ0v) is 23.5. The Morgan fingerprint density at radius 2 is 2.03 bits per heavy atom. The summed E-state index contributed by atoms with van der Waals surface area (Å²) in [4.78, 5) is 25.2. The molecule has 5 aliphatic rings. The van der Waals surface area contributed by atoms with Crippen LogP contribution in [-0.2, 0) is 17.8 Å². The molecule has 1 saturated heterocycles. The normalized spacial score (nSPS) is 27.0. The standard InChI is InChI=1S/C34H40N4O/c1-20(2)11-27-14-26(18-36-27)34(39)38-10-8-23-13-24(15-30(31(23)19-38)32-5-4-9-35-32)25-16-29-21(3)12-22-6-7-28(22)33(29)37-17-25/h12-18,20,22,27-28,32,35H,4-11,19H2,1-3H3/t22?,27?,28-,32-/m0/s1. The van der Waals surface area contributed by atoms with Crippen molar-refractivity contribution in [3.05, 3.63) is 70.1 Å². The lowest BCUT2D eigenvalue weighted by atomic mass is 9.66. The van der Waals surface area contributed by atoms with E-state index in [1.807, 2.05) is 4.90 Å². The Morgan fingerprint density at radius 1 is 1.13 bits per heavy atom. The Balaban J connectivity index is 1.20. The minimum atomic E-state index is 0.125. The largest absolute Gasteiger partial charge is 0.334 e. The molecule has 1 saturated carbocycles. The van der Waals surface area contributed by atoms with E-state index in [9.17, 15) is 4.79 Å². The molecule has 2 aliphatic carbocycles. The van der Waals surface area contributed by atoms with Gasteiger partial charge in [-0.3, -0.25) is 14.8 Å². The summed E-state index contributed by atoms with van der Waals surface area (Å²) in [6, 6.07) is 7.64. The van der Waals surface area contributed by atoms with E-state index in [1.165, 1.54) is 63.9 Å². The maximum Gasteiger partial charge on any atom is 0.255 e. The Labute approximate surface area is 232 Å². The summed E-state index contributed by atoms with van der Waals surface area (Å²) in [7, 11) is 0. The predicted molar refractivity (Wildman–Crippen MR) is 158 cm³/mol. The van der Waals surface area contributed by atoms with Crippen LogP contribution in [0.3, 0.4) is 0 Å². The number of nitrogens with one attached hydrogen (secondary N) is 1. The summed E-state index contributed by atoms with van der Waals surface area (Å²) >= 11 is 0. The number of amides is 1. The molecule has 0 radical (unpaired) electrons. The highest BCUT2D eigenvalue weighted by Gasteiger charge is 2.37. The second kappa shape index (κ2) is 9.85. The van der Waals surface area contributed by atoms with Gasteiger partial charge in [-0.2, -0.15) is 0 Å². The Morgan fingerprint density at radius 3 is 2.79 bits per heavy atom. The number of rotatable bonds is 5. The first-order chi connectivity index (χ1) is 18.9. The van der Waals surface area contributed by atoms with Gasteiger partial charge in [0.05, 0.1) is 17.3 Å². The number of hydrogen-bond acceptors (Lipinski definition) is 4. The van der Waals surface area contributed by atoms with Crippen molar-refractivity contribution in [1.82, 2.24) is 15.2 Å². The number of fused-ring (bicyclic) bond motifs is 4. The third kappa shape index (κ3) is 4.49. The van der Waals surface area contributed by atoms with Gasteiger partial charge in [0.2, 0.25) is 0 Å². The van der Waals surface area contributed by atoms with Crippen molar-refractivity contribution in [3.8, 4) is 11.1 Å². The molecule has 2 unspecified atom stereocenters. The van der Waals surface area contributed by atoms with Gasteiger partial charge in [0.1, 0.15) is 0 Å². The van der Waals surface area contributed by atoms with Crippen LogP contribution in [0.15, 0.2) is 47.1 Å². The van der Waals surface area contributed by atoms with E-state index in [4.69, 9.17) is 4.98 Å². The molecule has 5 nitrogen and oxygen atoms in total. The van der Waals surface area contributed by atoms with Crippen molar-refractivity contribution in [2.75, 3.05) is 13.1 Å². The van der Waals surface area contributed by atoms with Crippen LogP contribution in [0.5, 0.6) is 0 Å². The molecule has 0 bridgehead atoms. The van der Waals surface area contributed by atoms with Gasteiger partial charge in [0.15, 0.2) is 0 Å². The van der Waals surface area contributed by atoms with Crippen LogP contribution in [0.4, 0.5) is 0 Å². The summed E-state index contributed by atoms with van der Waals surface area (Å²) < 4.78 is 0. The number of carbonyl (C=O) groups excluding carboxylic acids is 1. The SMILES string of the molecule is CC1=CC2CC[C@@H]2c2ncc(-c3cc4c(c([C@@H]5CCCN5)c3)CN(C(=O)C3=CC(CC(C)C)N=C3)CC4)cc21. The minimum Gasteiger partial charge on any atom is -0.334 e. The topological polar surface area (TPSA) is 57.6 Å². The van der Waals surface area contributed by atoms with Crippen molar-refractivity contribution < 1.29 is 4.79 Å². The Bertz CT molecular complexity index is 1410. The van der Waals surface area contributed by atoms with Gasteiger partial charge in [-0.1, -0.05) is 26.0 Å². The summed E-state index contributed by atoms with van der Waals surface area (Å²) in [5, 5.41) is 3.74. The first-order valence-electron chi connectivity index (χ1n) is 15.1. The van der Waals surface area contributed by atoms with Crippen molar-refractivity contribution in [1.29, 1.82) is 0 Å². The van der Waals surface area contributed by atoms with Gasteiger partial charge in [-0.15, -0.1) is 0 Å². The first-order valence-corrected chi connectivity index (χ1v) is 15.1. The van der Waals surface area contributed by atoms with E-state index in [1.54, 1.807) is 6.21 Å². The maximum absolute atomic E-state index is 13.5. The van der Waals surface area contributed by atoms with Gasteiger partial charge < -0.3 is 10.2 Å². The zero-order chi connectivity index (χ0) is 26.7. The van der Waals surface area contributed by atoms with E-state index in [-0.39, 0.29) is 11.9 Å². The van der Waals surface area contributed by atoms with Gasteiger partial charge in [0, 0.05) is 43.0 Å². The zero-order valence-electron chi connectivity index (χ0n) is 23.5. The fourth-order valence-electron chi connectivity index (χ4n) is 7.41. The summed E-state index contributed by atoms with van der Waals surface area (Å²) in [6.07, 6.45) is 15.2. The van der Waals surface area contributed by atoms with E-state index < -0.39 is 0 Å². The first kappa shape index (κ1) is 25.0. The smallest absolute Gasteiger partial charge is 0.255 e. The van der Waals surface area contributed by atoms with Gasteiger partial charge >= 0.3 is 0 Å². The summed E-state index contributed by atoms with van der Waals surface area (Å²) in [5.41, 5.74) is 11.4. The fraction of sp³-hybridized carbons (Fsp3) is 0.500. The number of allylic oxidation sites excluding steroid dienone is 2. The molecule has 3 aliphatic heterocycles. The molecular weight excluding hydrogens is 480 g/mol. The molecular formula is C34H40N4O. The predicted octanol–water partition coefficient (Wildman–Crippen LogP) is 6.39. The van der Waals surface area contributed by atoms with Gasteiger partial charge in [-0.25, -0.2) is 0 Å². The lowest BCUT2D eigenvalue weighted by Gasteiger charge is -2.39. The third-order valence-electron chi connectivity index (χ3n) is 9.66. The van der Waals surface area contributed by atoms with Crippen molar-refractivity contribution >= 4 is 17.7 Å². The van der Waals surface area contributed by atoms with E-state index in [2.05, 4.69) is 67.6 Å². The molecule has 1 N–H and O–H groups in total. The molecule has 5 heteroatoms. The Kier molecular flexibility index (Phi) is 6.30. The van der Waals surface area contributed by atoms with Crippen LogP contribution in [0.2, 0.25) is 0 Å². The molecule has 4 atom stereocenters. The van der Waals surface area contributed by atoms with Gasteiger partial charge in [0.25, 0.3) is 5.91 Å². The Hall–Kier alpha value is -3.05. The lowest BCUT2D eigenvalue weighted by molar-refractivity contribution is -0.127. The van der Waals surface area contributed by atoms with Crippen LogP contribution in [0.25, 0.3) is 16.7 Å². The highest BCUT2D eigenvalue weighted by Crippen LogP contribution is 2.49. The summed E-state index contributed by atoms with van der Waals surface area (Å²) in [5.74, 6) is 2.00. The number of nitrogens with zero attached hydrogens (tertiary/aromatic N) is 3. The quantitative estimate of drug-likeness (QED) is 0.497. The third-order valence-corrected chi connectivity index (χ3v) is 9.66. The molecule has 1 aromatic carbocycles. The van der Waals surface area contributed by atoms with Crippen LogP contribution >= 0.6 is 0 Å². The molecule has 1 aromatic heterocycles. The van der Waals surface area contributed by atoms with Crippen molar-refractivity contribution in [2.24, 2.45) is 16.8 Å². The second-order valence-electron chi connectivity index (χ2n) is 12.8. The number of aliphatic imine (C=N–C) groups is 1. The second-order valence-corrected chi connectivity index (χ2v) is 12.8. The molecule has 39 heavy (non-hydrogen) atoms. The van der Waals surface area contributed by atoms with Crippen molar-refractivity contribution in [2.45, 2.75) is 83.8 Å². The average molecular weight is 521 g/mol. The van der Waals surface area contributed by atoms with E-state index in [0.717, 1.165) is 37.9 Å². The van der Waals surface area contributed by atoms with Crippen LogP contribution < -0.4 is 5.32 Å². The fourth-order valence-corrected chi connectivity index (χ4v) is 7.41. The molecule has 7 rings (SSSR count). The van der Waals surface area contributed by atoms with Crippen LogP contribution in [0, 0.1) is 11.8 Å². The number of hydrogen-bond donors (Lipinski definition) is 1. The highest BCUT2D eigenvalue weighted by molar-refractivity contribution is 6.13. The van der Waals surface area contributed by atoms with E-state index in [0.29, 0.717) is 30.3 Å². The van der Waals surface area contributed by atoms with E-state index >= 15 is 0 Å². The maximum atomic E-state index is 13.5. The molecule has 2 aromatic rings. The number of carbonyl (C=O) groups is 1. The number of pyridine rings is 1. The highest BCUT2D eigenvalue weighted by atomic mass is 16.2. The average Bonchev–Trinajstić information content (AvgIpc) is 3.62. The molecule has 202 valence electrons. The molecule has 4 heterocycles. The number of aromatic nitrogens is 1. The number of benzene rings is 1. The summed E-state index contributed by atoms with van der Waals surface area (Å²) in [6.45, 7) is 9.15. The van der Waals surface area contributed by atoms with Gasteiger partial charge in [-0.05, 0) is 115 Å².